The first kappa shape index (κ1) is 17.6. The fraction of sp³-hybridized carbons (Fsp3) is 0.438. The topological polar surface area (TPSA) is 71.3 Å². The molecule has 7 heteroatoms. The van der Waals surface area contributed by atoms with Gasteiger partial charge in [0.15, 0.2) is 11.6 Å². The summed E-state index contributed by atoms with van der Waals surface area (Å²) in [6.07, 6.45) is 0.505. The van der Waals surface area contributed by atoms with Crippen LogP contribution in [-0.4, -0.2) is 47.5 Å². The molecule has 6 nitrogen and oxygen atoms in total. The lowest BCUT2D eigenvalue weighted by Gasteiger charge is -2.30. The minimum Gasteiger partial charge on any atom is -0.334 e. The summed E-state index contributed by atoms with van der Waals surface area (Å²) in [5, 5.41) is 7.44. The van der Waals surface area contributed by atoms with Crippen LogP contribution in [0, 0.1) is 0 Å². The highest BCUT2D eigenvalue weighted by Crippen LogP contribution is 2.23. The zero-order valence-electron chi connectivity index (χ0n) is 13.3. The van der Waals surface area contributed by atoms with Crippen molar-refractivity contribution in [3.8, 4) is 11.5 Å². The fourth-order valence-corrected chi connectivity index (χ4v) is 2.58. The van der Waals surface area contributed by atoms with Gasteiger partial charge in [0.25, 0.3) is 5.89 Å². The van der Waals surface area contributed by atoms with E-state index in [-0.39, 0.29) is 24.2 Å². The molecule has 0 bridgehead atoms. The standard InChI is InChI=1S/C16H20N4O2.ClH/c1-3-14(21)11-4-6-12(7-5-11)16-18-15(19-22-16)13-10-17-8-9-20(13)2;/h4-7,13,17H,3,8-10H2,1-2H3;1H. The molecule has 23 heavy (non-hydrogen) atoms. The highest BCUT2D eigenvalue weighted by atomic mass is 35.5. The molecule has 1 unspecified atom stereocenters. The van der Waals surface area contributed by atoms with Gasteiger partial charge in [-0.05, 0) is 19.2 Å². The third kappa shape index (κ3) is 3.77. The normalized spacial score (nSPS) is 18.4. The summed E-state index contributed by atoms with van der Waals surface area (Å²) in [6.45, 7) is 4.61. The van der Waals surface area contributed by atoms with E-state index in [0.717, 1.165) is 25.2 Å². The van der Waals surface area contributed by atoms with Crippen LogP contribution in [0.5, 0.6) is 0 Å². The van der Waals surface area contributed by atoms with Crippen molar-refractivity contribution in [1.29, 1.82) is 0 Å². The molecule has 2 heterocycles. The van der Waals surface area contributed by atoms with Crippen LogP contribution in [-0.2, 0) is 0 Å². The van der Waals surface area contributed by atoms with Crippen molar-refractivity contribution in [1.82, 2.24) is 20.4 Å². The van der Waals surface area contributed by atoms with Gasteiger partial charge in [0.2, 0.25) is 0 Å². The number of halogens is 1. The molecule has 0 radical (unpaired) electrons. The Morgan fingerprint density at radius 2 is 2.13 bits per heavy atom. The van der Waals surface area contributed by atoms with Gasteiger partial charge < -0.3 is 9.84 Å². The van der Waals surface area contributed by atoms with Crippen molar-refractivity contribution in [2.75, 3.05) is 26.7 Å². The number of rotatable bonds is 4. The molecular formula is C16H21ClN4O2. The van der Waals surface area contributed by atoms with Gasteiger partial charge in [0.1, 0.15) is 0 Å². The first-order valence-corrected chi connectivity index (χ1v) is 7.57. The molecule has 1 N–H and O–H groups in total. The van der Waals surface area contributed by atoms with Crippen LogP contribution >= 0.6 is 12.4 Å². The Bertz CT molecular complexity index is 656. The van der Waals surface area contributed by atoms with Gasteiger partial charge >= 0.3 is 0 Å². The van der Waals surface area contributed by atoms with Crippen molar-refractivity contribution in [3.05, 3.63) is 35.7 Å². The van der Waals surface area contributed by atoms with E-state index in [1.165, 1.54) is 0 Å². The Morgan fingerprint density at radius 3 is 2.78 bits per heavy atom. The second kappa shape index (κ2) is 7.68. The summed E-state index contributed by atoms with van der Waals surface area (Å²) < 4.78 is 5.38. The van der Waals surface area contributed by atoms with Crippen LogP contribution in [0.3, 0.4) is 0 Å². The Labute approximate surface area is 141 Å². The lowest BCUT2D eigenvalue weighted by Crippen LogP contribution is -2.44. The largest absolute Gasteiger partial charge is 0.334 e. The van der Waals surface area contributed by atoms with Crippen LogP contribution in [0.25, 0.3) is 11.5 Å². The zero-order valence-corrected chi connectivity index (χ0v) is 14.1. The van der Waals surface area contributed by atoms with Gasteiger partial charge in [-0.15, -0.1) is 12.4 Å². The fourth-order valence-electron chi connectivity index (χ4n) is 2.58. The Balaban J connectivity index is 0.00000192. The lowest BCUT2D eigenvalue weighted by molar-refractivity contribution is 0.0988. The maximum absolute atomic E-state index is 11.6. The first-order valence-electron chi connectivity index (χ1n) is 7.57. The van der Waals surface area contributed by atoms with E-state index in [2.05, 4.69) is 27.4 Å². The number of carbonyl (C=O) groups is 1. The Kier molecular flexibility index (Phi) is 5.87. The van der Waals surface area contributed by atoms with Gasteiger partial charge in [0.05, 0.1) is 6.04 Å². The van der Waals surface area contributed by atoms with Crippen LogP contribution < -0.4 is 5.32 Å². The molecule has 0 amide bonds. The van der Waals surface area contributed by atoms with Crippen LogP contribution in [0.15, 0.2) is 28.8 Å². The number of hydrogen-bond donors (Lipinski definition) is 1. The summed E-state index contributed by atoms with van der Waals surface area (Å²) in [4.78, 5) is 18.4. The molecule has 0 aliphatic carbocycles. The summed E-state index contributed by atoms with van der Waals surface area (Å²) in [6, 6.07) is 7.44. The lowest BCUT2D eigenvalue weighted by atomic mass is 10.1. The number of nitrogens with one attached hydrogen (secondary N) is 1. The SMILES string of the molecule is CCC(=O)c1ccc(-c2nc(C3CNCCN3C)no2)cc1.Cl. The van der Waals surface area contributed by atoms with Gasteiger partial charge in [0, 0.05) is 37.2 Å². The first-order chi connectivity index (χ1) is 10.7. The summed E-state index contributed by atoms with van der Waals surface area (Å²) >= 11 is 0. The maximum atomic E-state index is 11.6. The molecule has 0 spiro atoms. The third-order valence-corrected chi connectivity index (χ3v) is 4.03. The average molecular weight is 337 g/mol. The number of piperazine rings is 1. The average Bonchev–Trinajstić information content (AvgIpc) is 3.04. The minimum atomic E-state index is 0. The molecule has 1 aliphatic rings. The number of carbonyl (C=O) groups excluding carboxylic acids is 1. The van der Waals surface area contributed by atoms with Crippen molar-refractivity contribution in [2.24, 2.45) is 0 Å². The summed E-state index contributed by atoms with van der Waals surface area (Å²) in [5.74, 6) is 1.32. The highest BCUT2D eigenvalue weighted by molar-refractivity contribution is 5.96. The third-order valence-electron chi connectivity index (χ3n) is 4.03. The number of ketones is 1. The summed E-state index contributed by atoms with van der Waals surface area (Å²) in [7, 11) is 2.06. The maximum Gasteiger partial charge on any atom is 0.257 e. The van der Waals surface area contributed by atoms with E-state index in [4.69, 9.17) is 4.52 Å². The molecule has 1 fully saturated rings. The predicted octanol–water partition coefficient (Wildman–Crippen LogP) is 2.33. The van der Waals surface area contributed by atoms with E-state index in [0.29, 0.717) is 23.7 Å². The summed E-state index contributed by atoms with van der Waals surface area (Å²) in [5.41, 5.74) is 1.54. The quantitative estimate of drug-likeness (QED) is 0.864. The van der Waals surface area contributed by atoms with E-state index >= 15 is 0 Å². The highest BCUT2D eigenvalue weighted by Gasteiger charge is 2.25. The van der Waals surface area contributed by atoms with Gasteiger partial charge in [-0.1, -0.05) is 24.2 Å². The zero-order chi connectivity index (χ0) is 15.5. The molecule has 2 aromatic rings. The van der Waals surface area contributed by atoms with Crippen LogP contribution in [0.1, 0.15) is 35.6 Å². The van der Waals surface area contributed by atoms with Crippen molar-refractivity contribution < 1.29 is 9.32 Å². The smallest absolute Gasteiger partial charge is 0.257 e. The van der Waals surface area contributed by atoms with E-state index in [9.17, 15) is 4.79 Å². The number of Topliss-reactive ketones (excluding diaryl/α,β-unsaturated/α-hetero) is 1. The van der Waals surface area contributed by atoms with Gasteiger partial charge in [-0.3, -0.25) is 9.69 Å². The Hall–Kier alpha value is -1.76. The molecule has 1 atom stereocenters. The van der Waals surface area contributed by atoms with Crippen LogP contribution in [0.4, 0.5) is 0 Å². The van der Waals surface area contributed by atoms with E-state index in [1.54, 1.807) is 12.1 Å². The van der Waals surface area contributed by atoms with Crippen molar-refractivity contribution in [2.45, 2.75) is 19.4 Å². The number of benzene rings is 1. The van der Waals surface area contributed by atoms with Gasteiger partial charge in [-0.25, -0.2) is 0 Å². The molecule has 1 aromatic carbocycles. The van der Waals surface area contributed by atoms with Crippen LogP contribution in [0.2, 0.25) is 0 Å². The monoisotopic (exact) mass is 336 g/mol. The molecule has 1 aliphatic heterocycles. The molecule has 3 rings (SSSR count). The molecular weight excluding hydrogens is 316 g/mol. The number of likely N-dealkylation sites (N-methyl/N-ethyl adjacent to an activating group) is 1. The number of nitrogens with zero attached hydrogens (tertiary/aromatic N) is 3. The minimum absolute atomic E-state index is 0. The molecule has 1 aromatic heterocycles. The molecule has 0 saturated carbocycles. The predicted molar refractivity (Wildman–Crippen MR) is 89.8 cm³/mol. The molecule has 1 saturated heterocycles. The second-order valence-corrected chi connectivity index (χ2v) is 5.51. The van der Waals surface area contributed by atoms with Crippen molar-refractivity contribution >= 4 is 18.2 Å². The Morgan fingerprint density at radius 1 is 1.39 bits per heavy atom. The number of aromatic nitrogens is 2. The van der Waals surface area contributed by atoms with Gasteiger partial charge in [-0.2, -0.15) is 4.98 Å². The van der Waals surface area contributed by atoms with Crippen molar-refractivity contribution in [3.63, 3.8) is 0 Å². The van der Waals surface area contributed by atoms with E-state index in [1.807, 2.05) is 19.1 Å². The second-order valence-electron chi connectivity index (χ2n) is 5.51. The van der Waals surface area contributed by atoms with E-state index < -0.39 is 0 Å². The molecule has 124 valence electrons. The number of hydrogen-bond acceptors (Lipinski definition) is 6.